The molecular formula is C21H28FIN4O. The molecule has 28 heavy (non-hydrogen) atoms. The summed E-state index contributed by atoms with van der Waals surface area (Å²) < 4.78 is 13.2. The van der Waals surface area contributed by atoms with E-state index in [9.17, 15) is 9.18 Å². The number of carbonyl (C=O) groups is 1. The van der Waals surface area contributed by atoms with Crippen LogP contribution in [0.3, 0.4) is 0 Å². The SMILES string of the molecule is CN=C(NCCc1ccc(F)cc1C)NCc1ccc(C(=O)N(C)C)cc1.I. The lowest BCUT2D eigenvalue weighted by molar-refractivity contribution is 0.0827. The highest BCUT2D eigenvalue weighted by atomic mass is 127. The van der Waals surface area contributed by atoms with Crippen LogP contribution in [-0.4, -0.2) is 44.5 Å². The average Bonchev–Trinajstić information content (AvgIpc) is 2.65. The quantitative estimate of drug-likeness (QED) is 0.365. The van der Waals surface area contributed by atoms with Gasteiger partial charge in [0, 0.05) is 39.8 Å². The normalized spacial score (nSPS) is 10.8. The molecule has 0 aliphatic rings. The van der Waals surface area contributed by atoms with Gasteiger partial charge in [0.2, 0.25) is 0 Å². The molecule has 2 aromatic carbocycles. The van der Waals surface area contributed by atoms with E-state index >= 15 is 0 Å². The Morgan fingerprint density at radius 2 is 1.79 bits per heavy atom. The van der Waals surface area contributed by atoms with Crippen LogP contribution >= 0.6 is 24.0 Å². The predicted octanol–water partition coefficient (Wildman–Crippen LogP) is 3.36. The Kier molecular flexibility index (Phi) is 9.92. The molecule has 7 heteroatoms. The number of nitrogens with one attached hydrogen (secondary N) is 2. The lowest BCUT2D eigenvalue weighted by Gasteiger charge is -2.13. The van der Waals surface area contributed by atoms with Crippen LogP contribution in [-0.2, 0) is 13.0 Å². The van der Waals surface area contributed by atoms with Crippen LogP contribution in [0, 0.1) is 12.7 Å². The summed E-state index contributed by atoms with van der Waals surface area (Å²) in [6.45, 7) is 3.21. The van der Waals surface area contributed by atoms with E-state index in [4.69, 9.17) is 0 Å². The molecule has 0 atom stereocenters. The van der Waals surface area contributed by atoms with Gasteiger partial charge in [0.1, 0.15) is 5.82 Å². The molecule has 2 rings (SSSR count). The predicted molar refractivity (Wildman–Crippen MR) is 123 cm³/mol. The first-order chi connectivity index (χ1) is 12.9. The first-order valence-electron chi connectivity index (χ1n) is 8.91. The Labute approximate surface area is 183 Å². The summed E-state index contributed by atoms with van der Waals surface area (Å²) in [7, 11) is 5.19. The third-order valence-electron chi connectivity index (χ3n) is 4.28. The third-order valence-corrected chi connectivity index (χ3v) is 4.28. The first-order valence-corrected chi connectivity index (χ1v) is 8.91. The standard InChI is InChI=1S/C21H27FN4O.HI/c1-15-13-19(22)10-9-17(15)11-12-24-21(23-2)25-14-16-5-7-18(8-6-16)20(27)26(3)4;/h5-10,13H,11-12,14H2,1-4H3,(H2,23,24,25);1H. The van der Waals surface area contributed by atoms with Crippen molar-refractivity contribution < 1.29 is 9.18 Å². The van der Waals surface area contributed by atoms with Crippen molar-refractivity contribution in [3.05, 3.63) is 70.5 Å². The van der Waals surface area contributed by atoms with Gasteiger partial charge in [-0.25, -0.2) is 4.39 Å². The Balaban J connectivity index is 0.00000392. The minimum atomic E-state index is -0.208. The molecule has 1 amide bonds. The molecule has 0 fully saturated rings. The zero-order valence-electron chi connectivity index (χ0n) is 16.8. The minimum Gasteiger partial charge on any atom is -0.356 e. The third kappa shape index (κ3) is 7.10. The van der Waals surface area contributed by atoms with Crippen molar-refractivity contribution in [1.82, 2.24) is 15.5 Å². The molecule has 5 nitrogen and oxygen atoms in total. The maximum atomic E-state index is 13.2. The fourth-order valence-electron chi connectivity index (χ4n) is 2.69. The van der Waals surface area contributed by atoms with Gasteiger partial charge in [-0.05, 0) is 54.3 Å². The van der Waals surface area contributed by atoms with Gasteiger partial charge in [0.15, 0.2) is 5.96 Å². The number of nitrogens with zero attached hydrogens (tertiary/aromatic N) is 2. The Hall–Kier alpha value is -2.16. The van der Waals surface area contributed by atoms with Crippen LogP contribution in [0.25, 0.3) is 0 Å². The largest absolute Gasteiger partial charge is 0.356 e. The van der Waals surface area contributed by atoms with Gasteiger partial charge >= 0.3 is 0 Å². The molecule has 0 unspecified atom stereocenters. The number of amides is 1. The second kappa shape index (κ2) is 11.6. The van der Waals surface area contributed by atoms with E-state index in [0.29, 0.717) is 24.6 Å². The van der Waals surface area contributed by atoms with E-state index in [-0.39, 0.29) is 35.7 Å². The Bertz CT molecular complexity index is 807. The van der Waals surface area contributed by atoms with E-state index in [1.807, 2.05) is 37.3 Å². The zero-order chi connectivity index (χ0) is 19.8. The molecule has 152 valence electrons. The van der Waals surface area contributed by atoms with E-state index < -0.39 is 0 Å². The van der Waals surface area contributed by atoms with Crippen LogP contribution in [0.1, 0.15) is 27.0 Å². The van der Waals surface area contributed by atoms with Gasteiger partial charge in [-0.2, -0.15) is 0 Å². The molecule has 0 spiro atoms. The van der Waals surface area contributed by atoms with Crippen molar-refractivity contribution in [2.45, 2.75) is 19.9 Å². The second-order valence-electron chi connectivity index (χ2n) is 6.57. The fourth-order valence-corrected chi connectivity index (χ4v) is 2.69. The molecule has 0 aliphatic heterocycles. The molecular weight excluding hydrogens is 470 g/mol. The molecule has 2 N–H and O–H groups in total. The van der Waals surface area contributed by atoms with Gasteiger partial charge in [0.25, 0.3) is 5.91 Å². The summed E-state index contributed by atoms with van der Waals surface area (Å²) >= 11 is 0. The number of hydrogen-bond donors (Lipinski definition) is 2. The minimum absolute atomic E-state index is 0. The van der Waals surface area contributed by atoms with E-state index in [1.165, 1.54) is 6.07 Å². The van der Waals surface area contributed by atoms with Gasteiger partial charge in [-0.1, -0.05) is 18.2 Å². The second-order valence-corrected chi connectivity index (χ2v) is 6.57. The molecule has 0 aromatic heterocycles. The van der Waals surface area contributed by atoms with E-state index in [0.717, 1.165) is 23.1 Å². The Morgan fingerprint density at radius 1 is 1.11 bits per heavy atom. The van der Waals surface area contributed by atoms with Crippen molar-refractivity contribution in [3.63, 3.8) is 0 Å². The lowest BCUT2D eigenvalue weighted by atomic mass is 10.1. The van der Waals surface area contributed by atoms with Crippen molar-refractivity contribution in [2.24, 2.45) is 4.99 Å². The average molecular weight is 498 g/mol. The topological polar surface area (TPSA) is 56.7 Å². The summed E-state index contributed by atoms with van der Waals surface area (Å²) in [5.74, 6) is 0.478. The van der Waals surface area contributed by atoms with Crippen LogP contribution < -0.4 is 10.6 Å². The zero-order valence-corrected chi connectivity index (χ0v) is 19.1. The number of halogens is 2. The van der Waals surface area contributed by atoms with Crippen LogP contribution in [0.4, 0.5) is 4.39 Å². The number of benzene rings is 2. The Morgan fingerprint density at radius 3 is 2.36 bits per heavy atom. The number of rotatable bonds is 6. The molecule has 0 bridgehead atoms. The number of aryl methyl sites for hydroxylation is 1. The fraction of sp³-hybridized carbons (Fsp3) is 0.333. The highest BCUT2D eigenvalue weighted by molar-refractivity contribution is 14.0. The molecule has 0 radical (unpaired) electrons. The van der Waals surface area contributed by atoms with Gasteiger partial charge in [-0.3, -0.25) is 9.79 Å². The number of guanidine groups is 1. The smallest absolute Gasteiger partial charge is 0.253 e. The highest BCUT2D eigenvalue weighted by Crippen LogP contribution is 2.10. The van der Waals surface area contributed by atoms with Crippen LogP contribution in [0.15, 0.2) is 47.5 Å². The monoisotopic (exact) mass is 498 g/mol. The number of hydrogen-bond acceptors (Lipinski definition) is 2. The summed E-state index contributed by atoms with van der Waals surface area (Å²) in [5, 5.41) is 6.51. The van der Waals surface area contributed by atoms with Gasteiger partial charge in [0.05, 0.1) is 0 Å². The van der Waals surface area contributed by atoms with Crippen molar-refractivity contribution in [3.8, 4) is 0 Å². The summed E-state index contributed by atoms with van der Waals surface area (Å²) in [5.41, 5.74) is 3.79. The number of carbonyl (C=O) groups excluding carboxylic acids is 1. The molecule has 0 saturated carbocycles. The van der Waals surface area contributed by atoms with Crippen molar-refractivity contribution in [1.29, 1.82) is 0 Å². The maximum Gasteiger partial charge on any atom is 0.253 e. The lowest BCUT2D eigenvalue weighted by Crippen LogP contribution is -2.37. The van der Waals surface area contributed by atoms with Crippen LogP contribution in [0.2, 0.25) is 0 Å². The van der Waals surface area contributed by atoms with E-state index in [1.54, 1.807) is 32.1 Å². The van der Waals surface area contributed by atoms with Crippen molar-refractivity contribution >= 4 is 35.8 Å². The van der Waals surface area contributed by atoms with E-state index in [2.05, 4.69) is 15.6 Å². The first kappa shape index (κ1) is 23.9. The molecule has 0 heterocycles. The molecule has 0 aliphatic carbocycles. The van der Waals surface area contributed by atoms with Crippen molar-refractivity contribution in [2.75, 3.05) is 27.7 Å². The van der Waals surface area contributed by atoms with Gasteiger partial charge in [-0.15, -0.1) is 24.0 Å². The summed E-state index contributed by atoms with van der Waals surface area (Å²) in [6.07, 6.45) is 0.786. The number of aliphatic imine (C=N–C) groups is 1. The summed E-state index contributed by atoms with van der Waals surface area (Å²) in [4.78, 5) is 17.7. The molecule has 2 aromatic rings. The van der Waals surface area contributed by atoms with Gasteiger partial charge < -0.3 is 15.5 Å². The summed E-state index contributed by atoms with van der Waals surface area (Å²) in [6, 6.07) is 12.4. The highest BCUT2D eigenvalue weighted by Gasteiger charge is 2.07. The molecule has 0 saturated heterocycles. The maximum absolute atomic E-state index is 13.2. The van der Waals surface area contributed by atoms with Crippen LogP contribution in [0.5, 0.6) is 0 Å².